The summed E-state index contributed by atoms with van der Waals surface area (Å²) in [5.74, 6) is -0.880. The van der Waals surface area contributed by atoms with Crippen molar-refractivity contribution in [2.75, 3.05) is 26.8 Å². The third-order valence-corrected chi connectivity index (χ3v) is 3.09. The number of nitrogens with zero attached hydrogens (tertiary/aromatic N) is 2. The van der Waals surface area contributed by atoms with E-state index in [1.807, 2.05) is 0 Å². The quantitative estimate of drug-likeness (QED) is 0.347. The van der Waals surface area contributed by atoms with Crippen LogP contribution >= 0.6 is 11.6 Å². The van der Waals surface area contributed by atoms with Gasteiger partial charge in [-0.3, -0.25) is 4.79 Å². The van der Waals surface area contributed by atoms with Crippen molar-refractivity contribution >= 4 is 23.3 Å². The molecule has 0 aliphatic carbocycles. The van der Waals surface area contributed by atoms with Crippen molar-refractivity contribution in [3.63, 3.8) is 0 Å². The number of benzene rings is 1. The van der Waals surface area contributed by atoms with Gasteiger partial charge in [-0.1, -0.05) is 16.8 Å². The van der Waals surface area contributed by atoms with Gasteiger partial charge in [-0.05, 0) is 18.2 Å². The Morgan fingerprint density at radius 1 is 1.52 bits per heavy atom. The smallest absolute Gasteiger partial charge is 0.255 e. The van der Waals surface area contributed by atoms with Crippen LogP contribution < -0.4 is 5.73 Å². The third-order valence-electron chi connectivity index (χ3n) is 2.78. The van der Waals surface area contributed by atoms with Gasteiger partial charge in [0, 0.05) is 26.6 Å². The lowest BCUT2D eigenvalue weighted by Crippen LogP contribution is -2.36. The Balaban J connectivity index is 2.87. The summed E-state index contributed by atoms with van der Waals surface area (Å²) in [4.78, 5) is 13.8. The summed E-state index contributed by atoms with van der Waals surface area (Å²) in [5.41, 5.74) is 5.58. The molecule has 8 heteroatoms. The van der Waals surface area contributed by atoms with Crippen LogP contribution in [0.5, 0.6) is 0 Å². The fourth-order valence-electron chi connectivity index (χ4n) is 1.65. The van der Waals surface area contributed by atoms with Gasteiger partial charge in [0.1, 0.15) is 11.7 Å². The summed E-state index contributed by atoms with van der Waals surface area (Å²) in [6, 6.07) is 3.56. The van der Waals surface area contributed by atoms with Crippen molar-refractivity contribution in [1.29, 1.82) is 0 Å². The standard InChI is InChI=1S/C13H17ClFN3O3/c1-21-7-6-18(5-4-12(16)17-20)13(19)10-3-2-9(15)8-11(10)14/h2-3,8,20H,4-7H2,1H3,(H2,16,17). The molecule has 0 unspecified atom stereocenters. The normalized spacial score (nSPS) is 11.5. The molecule has 116 valence electrons. The third kappa shape index (κ3) is 5.20. The molecule has 1 aromatic rings. The van der Waals surface area contributed by atoms with Crippen LogP contribution in [0.4, 0.5) is 4.39 Å². The first-order valence-electron chi connectivity index (χ1n) is 6.19. The van der Waals surface area contributed by atoms with Crippen LogP contribution in [0.15, 0.2) is 23.4 Å². The van der Waals surface area contributed by atoms with E-state index >= 15 is 0 Å². The van der Waals surface area contributed by atoms with Crippen LogP contribution in [0.2, 0.25) is 5.02 Å². The lowest BCUT2D eigenvalue weighted by atomic mass is 10.2. The summed E-state index contributed by atoms with van der Waals surface area (Å²) in [6.45, 7) is 0.855. The van der Waals surface area contributed by atoms with E-state index in [1.54, 1.807) is 0 Å². The van der Waals surface area contributed by atoms with Gasteiger partial charge in [0.25, 0.3) is 5.91 Å². The molecule has 0 aliphatic rings. The second-order valence-corrected chi connectivity index (χ2v) is 4.66. The fraction of sp³-hybridized carbons (Fsp3) is 0.385. The summed E-state index contributed by atoms with van der Waals surface area (Å²) in [7, 11) is 1.51. The van der Waals surface area contributed by atoms with Gasteiger partial charge in [0.15, 0.2) is 0 Å². The highest BCUT2D eigenvalue weighted by Gasteiger charge is 2.19. The lowest BCUT2D eigenvalue weighted by Gasteiger charge is -2.22. The molecule has 0 heterocycles. The maximum absolute atomic E-state index is 13.0. The molecule has 3 N–H and O–H groups in total. The maximum atomic E-state index is 13.0. The van der Waals surface area contributed by atoms with Crippen LogP contribution in [-0.4, -0.2) is 48.7 Å². The molecule has 1 amide bonds. The zero-order valence-corrected chi connectivity index (χ0v) is 12.3. The number of halogens is 2. The first-order chi connectivity index (χ1) is 9.99. The van der Waals surface area contributed by atoms with Gasteiger partial charge >= 0.3 is 0 Å². The molecule has 21 heavy (non-hydrogen) atoms. The molecule has 0 aliphatic heterocycles. The van der Waals surface area contributed by atoms with E-state index in [9.17, 15) is 9.18 Å². The first kappa shape index (κ1) is 17.2. The number of carbonyl (C=O) groups excluding carboxylic acids is 1. The molecule has 6 nitrogen and oxygen atoms in total. The van der Waals surface area contributed by atoms with Crippen molar-refractivity contribution < 1.29 is 19.1 Å². The van der Waals surface area contributed by atoms with E-state index in [-0.39, 0.29) is 35.3 Å². The number of amidine groups is 1. The molecular weight excluding hydrogens is 301 g/mol. The SMILES string of the molecule is COCCN(CCC(N)=NO)C(=O)c1ccc(F)cc1Cl. The molecule has 0 saturated carbocycles. The molecule has 0 bridgehead atoms. The van der Waals surface area contributed by atoms with Gasteiger partial charge in [0.05, 0.1) is 17.2 Å². The van der Waals surface area contributed by atoms with Crippen molar-refractivity contribution in [2.24, 2.45) is 10.9 Å². The molecule has 0 radical (unpaired) electrons. The Labute approximate surface area is 126 Å². The van der Waals surface area contributed by atoms with E-state index in [0.717, 1.165) is 12.1 Å². The molecular formula is C13H17ClFN3O3. The second-order valence-electron chi connectivity index (χ2n) is 4.25. The van der Waals surface area contributed by atoms with E-state index < -0.39 is 5.82 Å². The number of ether oxygens (including phenoxy) is 1. The van der Waals surface area contributed by atoms with Gasteiger partial charge in [-0.15, -0.1) is 0 Å². The Hall–Kier alpha value is -1.86. The van der Waals surface area contributed by atoms with Gasteiger partial charge in [-0.25, -0.2) is 4.39 Å². The molecule has 0 aromatic heterocycles. The Morgan fingerprint density at radius 3 is 2.81 bits per heavy atom. The average Bonchev–Trinajstić information content (AvgIpc) is 2.46. The topological polar surface area (TPSA) is 88.2 Å². The summed E-state index contributed by atoms with van der Waals surface area (Å²) < 4.78 is 18.0. The molecule has 0 spiro atoms. The average molecular weight is 318 g/mol. The predicted octanol–water partition coefficient (Wildman–Crippen LogP) is 1.70. The number of carbonyl (C=O) groups is 1. The minimum Gasteiger partial charge on any atom is -0.409 e. The predicted molar refractivity (Wildman–Crippen MR) is 77.2 cm³/mol. The number of hydrogen-bond donors (Lipinski definition) is 2. The van der Waals surface area contributed by atoms with Gasteiger partial charge in [0.2, 0.25) is 0 Å². The monoisotopic (exact) mass is 317 g/mol. The summed E-state index contributed by atoms with van der Waals surface area (Å²) >= 11 is 5.89. The lowest BCUT2D eigenvalue weighted by molar-refractivity contribution is 0.0700. The highest BCUT2D eigenvalue weighted by molar-refractivity contribution is 6.33. The number of rotatable bonds is 7. The van der Waals surface area contributed by atoms with Crippen molar-refractivity contribution in [1.82, 2.24) is 4.90 Å². The van der Waals surface area contributed by atoms with E-state index in [1.165, 1.54) is 18.1 Å². The minimum absolute atomic E-state index is 0.00965. The minimum atomic E-state index is -0.517. The number of methoxy groups -OCH3 is 1. The van der Waals surface area contributed by atoms with E-state index in [2.05, 4.69) is 5.16 Å². The zero-order chi connectivity index (χ0) is 15.8. The number of oxime groups is 1. The molecule has 1 rings (SSSR count). The summed E-state index contributed by atoms with van der Waals surface area (Å²) in [6.07, 6.45) is 0.199. The Bertz CT molecular complexity index is 525. The molecule has 0 atom stereocenters. The number of nitrogens with two attached hydrogens (primary N) is 1. The van der Waals surface area contributed by atoms with Crippen LogP contribution in [0.25, 0.3) is 0 Å². The zero-order valence-electron chi connectivity index (χ0n) is 11.6. The van der Waals surface area contributed by atoms with Crippen LogP contribution in [0.1, 0.15) is 16.8 Å². The van der Waals surface area contributed by atoms with E-state index in [0.29, 0.717) is 13.2 Å². The van der Waals surface area contributed by atoms with E-state index in [4.69, 9.17) is 27.3 Å². The Morgan fingerprint density at radius 2 is 2.24 bits per heavy atom. The number of amides is 1. The largest absolute Gasteiger partial charge is 0.409 e. The Kier molecular flexibility index (Phi) is 6.90. The fourth-order valence-corrected chi connectivity index (χ4v) is 1.90. The van der Waals surface area contributed by atoms with Crippen LogP contribution in [0.3, 0.4) is 0 Å². The highest BCUT2D eigenvalue weighted by Crippen LogP contribution is 2.19. The maximum Gasteiger partial charge on any atom is 0.255 e. The number of hydrogen-bond acceptors (Lipinski definition) is 4. The first-order valence-corrected chi connectivity index (χ1v) is 6.57. The second kappa shape index (κ2) is 8.43. The van der Waals surface area contributed by atoms with Crippen molar-refractivity contribution in [3.8, 4) is 0 Å². The molecule has 0 fully saturated rings. The molecule has 1 aromatic carbocycles. The van der Waals surface area contributed by atoms with Crippen molar-refractivity contribution in [2.45, 2.75) is 6.42 Å². The highest BCUT2D eigenvalue weighted by atomic mass is 35.5. The van der Waals surface area contributed by atoms with Crippen molar-refractivity contribution in [3.05, 3.63) is 34.6 Å². The van der Waals surface area contributed by atoms with Gasteiger partial charge in [-0.2, -0.15) is 0 Å². The molecule has 0 saturated heterocycles. The van der Waals surface area contributed by atoms with Crippen LogP contribution in [-0.2, 0) is 4.74 Å². The van der Waals surface area contributed by atoms with Crippen LogP contribution in [0, 0.1) is 5.82 Å². The van der Waals surface area contributed by atoms with Gasteiger partial charge < -0.3 is 20.6 Å². The summed E-state index contributed by atoms with van der Waals surface area (Å²) in [5, 5.41) is 11.4.